The van der Waals surface area contributed by atoms with Crippen LogP contribution in [0.3, 0.4) is 0 Å². The average molecular weight is 390 g/mol. The summed E-state index contributed by atoms with van der Waals surface area (Å²) >= 11 is 6.27. The van der Waals surface area contributed by atoms with E-state index in [0.717, 1.165) is 18.7 Å². The third kappa shape index (κ3) is 9.45. The van der Waals surface area contributed by atoms with E-state index in [0.29, 0.717) is 29.6 Å². The summed E-state index contributed by atoms with van der Waals surface area (Å²) in [6, 6.07) is 3.81. The summed E-state index contributed by atoms with van der Waals surface area (Å²) in [4.78, 5) is 0. The second-order valence-corrected chi connectivity index (χ2v) is 5.33. The van der Waals surface area contributed by atoms with Gasteiger partial charge in [-0.3, -0.25) is 0 Å². The van der Waals surface area contributed by atoms with Crippen LogP contribution in [0.1, 0.15) is 19.4 Å². The summed E-state index contributed by atoms with van der Waals surface area (Å²) in [5.41, 5.74) is 1.04. The number of nitrogens with one attached hydrogen (secondary N) is 2. The fraction of sp³-hybridized carbons (Fsp3) is 0.600. The first kappa shape index (κ1) is 24.8. The van der Waals surface area contributed by atoms with Crippen molar-refractivity contribution < 1.29 is 14.6 Å². The number of ether oxygens (including phenoxy) is 2. The molecule has 8 heteroatoms. The van der Waals surface area contributed by atoms with Gasteiger partial charge in [-0.15, -0.1) is 24.8 Å². The molecule has 0 radical (unpaired) electrons. The van der Waals surface area contributed by atoms with Gasteiger partial charge in [-0.2, -0.15) is 0 Å². The van der Waals surface area contributed by atoms with Crippen LogP contribution in [-0.2, 0) is 6.54 Å². The van der Waals surface area contributed by atoms with Crippen molar-refractivity contribution >= 4 is 36.4 Å². The van der Waals surface area contributed by atoms with Crippen molar-refractivity contribution in [3.8, 4) is 11.5 Å². The van der Waals surface area contributed by atoms with Gasteiger partial charge in [0.05, 0.1) is 24.8 Å². The van der Waals surface area contributed by atoms with E-state index in [9.17, 15) is 0 Å². The topological polar surface area (TPSA) is 62.8 Å². The van der Waals surface area contributed by atoms with Crippen molar-refractivity contribution in [2.24, 2.45) is 0 Å². The van der Waals surface area contributed by atoms with Gasteiger partial charge in [-0.05, 0) is 31.5 Å². The number of hydrogen-bond donors (Lipinski definition) is 3. The summed E-state index contributed by atoms with van der Waals surface area (Å²) in [6.45, 7) is 6.98. The molecule has 3 N–H and O–H groups in total. The first-order valence-corrected chi connectivity index (χ1v) is 7.51. The lowest BCUT2D eigenvalue weighted by Crippen LogP contribution is -2.28. The summed E-state index contributed by atoms with van der Waals surface area (Å²) in [6.07, 6.45) is 0.0398. The fourth-order valence-corrected chi connectivity index (χ4v) is 2.12. The molecule has 0 spiro atoms. The Balaban J connectivity index is 0. The van der Waals surface area contributed by atoms with Gasteiger partial charge in [0.1, 0.15) is 0 Å². The van der Waals surface area contributed by atoms with Gasteiger partial charge >= 0.3 is 0 Å². The van der Waals surface area contributed by atoms with Gasteiger partial charge in [0, 0.05) is 26.2 Å². The molecule has 0 aromatic heterocycles. The molecule has 0 atom stereocenters. The second kappa shape index (κ2) is 14.0. The van der Waals surface area contributed by atoms with E-state index < -0.39 is 0 Å². The van der Waals surface area contributed by atoms with Crippen LogP contribution in [0.15, 0.2) is 12.1 Å². The van der Waals surface area contributed by atoms with Crippen LogP contribution in [0, 0.1) is 0 Å². The van der Waals surface area contributed by atoms with Gasteiger partial charge in [0.2, 0.25) is 0 Å². The van der Waals surface area contributed by atoms with E-state index in [1.54, 1.807) is 7.11 Å². The SMILES string of the molecule is COc1cc(CNCCNCCO)cc(Cl)c1OC(C)C.Cl.Cl. The quantitative estimate of drug-likeness (QED) is 0.537. The number of halogens is 3. The summed E-state index contributed by atoms with van der Waals surface area (Å²) < 4.78 is 11.0. The van der Waals surface area contributed by atoms with Crippen LogP contribution in [0.25, 0.3) is 0 Å². The van der Waals surface area contributed by atoms with E-state index in [1.807, 2.05) is 26.0 Å². The molecule has 23 heavy (non-hydrogen) atoms. The molecular formula is C15H27Cl3N2O3. The van der Waals surface area contributed by atoms with Crippen LogP contribution in [-0.4, -0.2) is 44.6 Å². The Morgan fingerprint density at radius 2 is 1.78 bits per heavy atom. The van der Waals surface area contributed by atoms with E-state index >= 15 is 0 Å². The zero-order chi connectivity index (χ0) is 15.7. The van der Waals surface area contributed by atoms with E-state index in [4.69, 9.17) is 26.2 Å². The molecule has 0 fully saturated rings. The highest BCUT2D eigenvalue weighted by Gasteiger charge is 2.13. The molecule has 0 aliphatic heterocycles. The Hall–Kier alpha value is -0.430. The van der Waals surface area contributed by atoms with E-state index in [2.05, 4.69) is 10.6 Å². The van der Waals surface area contributed by atoms with Gasteiger partial charge < -0.3 is 25.2 Å². The lowest BCUT2D eigenvalue weighted by Gasteiger charge is -2.16. The summed E-state index contributed by atoms with van der Waals surface area (Å²) in [5, 5.41) is 15.6. The highest BCUT2D eigenvalue weighted by Crippen LogP contribution is 2.37. The van der Waals surface area contributed by atoms with Crippen molar-refractivity contribution in [2.75, 3.05) is 33.4 Å². The molecule has 0 unspecified atom stereocenters. The Kier molecular flexibility index (Phi) is 15.1. The maximum atomic E-state index is 8.65. The van der Waals surface area contributed by atoms with Crippen LogP contribution in [0.4, 0.5) is 0 Å². The van der Waals surface area contributed by atoms with Crippen molar-refractivity contribution in [3.05, 3.63) is 22.7 Å². The number of benzene rings is 1. The molecule has 1 aromatic carbocycles. The lowest BCUT2D eigenvalue weighted by molar-refractivity contribution is 0.230. The Morgan fingerprint density at radius 3 is 2.35 bits per heavy atom. The third-order valence-corrected chi connectivity index (χ3v) is 3.02. The van der Waals surface area contributed by atoms with Crippen LogP contribution in [0.2, 0.25) is 5.02 Å². The summed E-state index contributed by atoms with van der Waals surface area (Å²) in [7, 11) is 1.61. The highest BCUT2D eigenvalue weighted by atomic mass is 35.5. The smallest absolute Gasteiger partial charge is 0.180 e. The molecular weight excluding hydrogens is 363 g/mol. The molecule has 0 amide bonds. The van der Waals surface area contributed by atoms with E-state index in [1.165, 1.54) is 0 Å². The monoisotopic (exact) mass is 388 g/mol. The minimum Gasteiger partial charge on any atom is -0.493 e. The molecule has 0 heterocycles. The predicted octanol–water partition coefficient (Wildman–Crippen LogP) is 2.65. The molecule has 0 aliphatic rings. The van der Waals surface area contributed by atoms with Gasteiger partial charge in [0.25, 0.3) is 0 Å². The minimum absolute atomic E-state index is 0. The third-order valence-electron chi connectivity index (χ3n) is 2.74. The summed E-state index contributed by atoms with van der Waals surface area (Å²) in [5.74, 6) is 1.23. The number of aliphatic hydroxyl groups excluding tert-OH is 1. The first-order chi connectivity index (χ1) is 10.1. The fourth-order valence-electron chi connectivity index (χ4n) is 1.84. The molecule has 0 saturated heterocycles. The van der Waals surface area contributed by atoms with Crippen LogP contribution in [0.5, 0.6) is 11.5 Å². The Morgan fingerprint density at radius 1 is 1.13 bits per heavy atom. The Bertz CT molecular complexity index is 435. The normalized spacial score (nSPS) is 10.0. The number of methoxy groups -OCH3 is 1. The van der Waals surface area contributed by atoms with Crippen LogP contribution < -0.4 is 20.1 Å². The zero-order valence-corrected chi connectivity index (χ0v) is 16.1. The van der Waals surface area contributed by atoms with E-state index in [-0.39, 0.29) is 37.5 Å². The maximum absolute atomic E-state index is 8.65. The highest BCUT2D eigenvalue weighted by molar-refractivity contribution is 6.32. The molecule has 0 aliphatic carbocycles. The van der Waals surface area contributed by atoms with Crippen molar-refractivity contribution in [1.82, 2.24) is 10.6 Å². The van der Waals surface area contributed by atoms with Crippen molar-refractivity contribution in [3.63, 3.8) is 0 Å². The van der Waals surface area contributed by atoms with Gasteiger partial charge in [-0.25, -0.2) is 0 Å². The zero-order valence-electron chi connectivity index (χ0n) is 13.7. The molecule has 1 rings (SSSR count). The van der Waals surface area contributed by atoms with Crippen molar-refractivity contribution in [1.29, 1.82) is 0 Å². The average Bonchev–Trinajstić information content (AvgIpc) is 2.44. The molecule has 0 bridgehead atoms. The molecule has 5 nitrogen and oxygen atoms in total. The van der Waals surface area contributed by atoms with Gasteiger partial charge in [0.15, 0.2) is 11.5 Å². The maximum Gasteiger partial charge on any atom is 0.180 e. The second-order valence-electron chi connectivity index (χ2n) is 4.93. The number of hydrogen-bond acceptors (Lipinski definition) is 5. The number of rotatable bonds is 10. The minimum atomic E-state index is 0. The largest absolute Gasteiger partial charge is 0.493 e. The standard InChI is InChI=1S/C15H25ClN2O3.2ClH/c1-11(2)21-15-13(16)8-12(9-14(15)20-3)10-18-5-4-17-6-7-19;;/h8-9,11,17-19H,4-7,10H2,1-3H3;2*1H. The number of aliphatic hydroxyl groups is 1. The molecule has 136 valence electrons. The van der Waals surface area contributed by atoms with Gasteiger partial charge in [-0.1, -0.05) is 11.6 Å². The van der Waals surface area contributed by atoms with Crippen molar-refractivity contribution in [2.45, 2.75) is 26.5 Å². The lowest BCUT2D eigenvalue weighted by atomic mass is 10.2. The molecule has 1 aromatic rings. The Labute approximate surface area is 155 Å². The predicted molar refractivity (Wildman–Crippen MR) is 99.9 cm³/mol. The van der Waals surface area contributed by atoms with Crippen LogP contribution >= 0.6 is 36.4 Å². The molecule has 0 saturated carbocycles. The first-order valence-electron chi connectivity index (χ1n) is 7.13.